The Morgan fingerprint density at radius 2 is 0.715 bits per heavy atom. The summed E-state index contributed by atoms with van der Waals surface area (Å²) in [7, 11) is -17.6. The summed E-state index contributed by atoms with van der Waals surface area (Å²) in [5.41, 5.74) is 34.7. The number of hydrogen-bond donors (Lipinski definition) is 24. The van der Waals surface area contributed by atoms with E-state index >= 15 is 0 Å². The fourth-order valence-corrected chi connectivity index (χ4v) is 16.8. The third-order valence-electron chi connectivity index (χ3n) is 23.1. The molecular weight excluding hydrogens is 1970 g/mol. The molecule has 144 heavy (non-hydrogen) atoms. The molecule has 812 valence electrons. The van der Waals surface area contributed by atoms with Crippen molar-refractivity contribution in [3.05, 3.63) is 47.6 Å². The number of ketones is 4. The minimum atomic E-state index is -4.44. The highest BCUT2D eigenvalue weighted by Crippen LogP contribution is 2.37. The molecule has 0 bridgehead atoms. The summed E-state index contributed by atoms with van der Waals surface area (Å²) in [4.78, 5) is 279. The van der Waals surface area contributed by atoms with Crippen molar-refractivity contribution in [1.82, 2.24) is 118 Å². The van der Waals surface area contributed by atoms with Crippen LogP contribution in [0, 0.1) is 17.8 Å². The van der Waals surface area contributed by atoms with Crippen LogP contribution in [0.15, 0.2) is 24.8 Å². The van der Waals surface area contributed by atoms with Crippen LogP contribution in [0.5, 0.6) is 0 Å². The SMILES string of the molecule is CC(=O)C[C@@H](Cc1cn(CCP(=O)(O)O)nn1)C(=O)N[C@@H](C)C(=O)C[C@@H](CCCCN)C(=O)N[C@@H](Cc1cn(CCP(=O)(O)O)nn1)C(=O)C[C@@H](C)C(=O)N[C@@H](CCCCN)C(C)=O.C[C@H](CCCCN)NC(=O)[C@@H]1CCCN1C(=O)[C@H](C)NC(=O)[C@H](Cc1cn(CCP(=O)(O)O)nn1)NC(=O)[C@H](CCCCN)NC(=O)[C@H](C)NC(=O)[C@H](Cc1cn(CCP(=O)(O)O)nn1)NC(=O)[C@H](CCCCN)NC(=O)[C@H](C)N. The molecular formula is C84H149N29O27P4. The molecule has 1 aliphatic rings. The van der Waals surface area contributed by atoms with Crippen LogP contribution in [-0.4, -0.2) is 329 Å². The van der Waals surface area contributed by atoms with Crippen LogP contribution < -0.4 is 87.6 Å². The number of nitrogens with zero attached hydrogens (tertiary/aromatic N) is 13. The van der Waals surface area contributed by atoms with Gasteiger partial charge in [0.1, 0.15) is 48.1 Å². The fourth-order valence-electron chi connectivity index (χ4n) is 14.9. The molecule has 0 aliphatic carbocycles. The van der Waals surface area contributed by atoms with E-state index in [4.69, 9.17) is 44.2 Å². The molecule has 1 saturated heterocycles. The summed E-state index contributed by atoms with van der Waals surface area (Å²) in [5, 5.41) is 57.9. The number of hydrogen-bond acceptors (Lipinski definition) is 33. The summed E-state index contributed by atoms with van der Waals surface area (Å²) in [6.07, 6.45) is 8.74. The zero-order valence-electron chi connectivity index (χ0n) is 82.7. The Hall–Kier alpha value is -10.2. The van der Waals surface area contributed by atoms with Crippen LogP contribution in [0.3, 0.4) is 0 Å². The highest BCUT2D eigenvalue weighted by atomic mass is 31.2. The van der Waals surface area contributed by atoms with Gasteiger partial charge in [-0.3, -0.25) is 104 Å². The lowest BCUT2D eigenvalue weighted by molar-refractivity contribution is -0.141. The average molecular weight is 2120 g/mol. The first kappa shape index (κ1) is 126. The highest BCUT2D eigenvalue weighted by molar-refractivity contribution is 7.52. The molecule has 5 rings (SSSR count). The van der Waals surface area contributed by atoms with Gasteiger partial charge < -0.3 is 136 Å². The monoisotopic (exact) mass is 2120 g/mol. The first-order valence-electron chi connectivity index (χ1n) is 48.0. The lowest BCUT2D eigenvalue weighted by atomic mass is 9.91. The molecule has 0 aromatic carbocycles. The molecule has 30 N–H and O–H groups in total. The normalized spacial score (nSPS) is 15.8. The molecule has 0 radical (unpaired) electrons. The Morgan fingerprint density at radius 3 is 1.12 bits per heavy atom. The molecule has 4 aromatic heterocycles. The van der Waals surface area contributed by atoms with Crippen molar-refractivity contribution in [2.75, 3.05) is 63.9 Å². The number of rotatable bonds is 70. The second kappa shape index (κ2) is 63.3. The fraction of sp³-hybridized carbons (Fsp3) is 0.726. The van der Waals surface area contributed by atoms with Gasteiger partial charge in [0.2, 0.25) is 65.0 Å². The lowest BCUT2D eigenvalue weighted by Crippen LogP contribution is -2.60. The van der Waals surface area contributed by atoms with Gasteiger partial charge in [0, 0.05) is 94.2 Å². The third-order valence-corrected chi connectivity index (χ3v) is 26.3. The van der Waals surface area contributed by atoms with Crippen molar-refractivity contribution >= 4 is 118 Å². The third kappa shape index (κ3) is 49.8. The number of amides is 11. The van der Waals surface area contributed by atoms with Gasteiger partial charge in [0.05, 0.1) is 104 Å². The topological polar surface area (TPSA) is 889 Å². The van der Waals surface area contributed by atoms with Gasteiger partial charge in [-0.1, -0.05) is 40.6 Å². The van der Waals surface area contributed by atoms with Crippen LogP contribution in [0.1, 0.15) is 207 Å². The van der Waals surface area contributed by atoms with Gasteiger partial charge in [0.15, 0.2) is 17.3 Å². The van der Waals surface area contributed by atoms with Crippen molar-refractivity contribution in [1.29, 1.82) is 0 Å². The van der Waals surface area contributed by atoms with Crippen LogP contribution in [0.25, 0.3) is 0 Å². The first-order chi connectivity index (χ1) is 67.5. The zero-order valence-corrected chi connectivity index (χ0v) is 86.3. The molecule has 5 heterocycles. The van der Waals surface area contributed by atoms with Gasteiger partial charge >= 0.3 is 30.4 Å². The van der Waals surface area contributed by atoms with E-state index in [1.807, 2.05) is 6.92 Å². The van der Waals surface area contributed by atoms with Crippen molar-refractivity contribution in [3.8, 4) is 0 Å². The Morgan fingerprint density at radius 1 is 0.368 bits per heavy atom. The minimum Gasteiger partial charge on any atom is -0.352 e. The number of aromatic nitrogens is 12. The van der Waals surface area contributed by atoms with E-state index in [0.29, 0.717) is 96.8 Å². The number of unbranched alkanes of at least 4 members (excludes halogenated alkanes) is 5. The van der Waals surface area contributed by atoms with E-state index in [2.05, 4.69) is 94.4 Å². The average Bonchev–Trinajstić information content (AvgIpc) is 1.67. The standard InChI is InChI=1S/C46H84N18O14P2.C38H65N11O13P2/c1-28(12-5-8-16-47)51-45(71)38-15-11-19-64(38)46(72)31(4)53-44(70)37(25-33-27-63(61-59-33)21-23-80(76,77)78)57-42(68)35(14-7-10-18-49)55-40(66)30(3)52-43(69)36(24-32-26-62(60-58-32)20-22-79(73,74)75)56-41(67)34(13-6-9-17-48)54-39(65)29(2)50;1-24(36(54)42-32(27(4)51)10-6-8-12-40)17-35(53)33(21-31-23-49(47-45-31)14-16-64(60,61)62)43-37(55)28(9-5-7-11-39)20-34(52)26(3)41-38(56)29(18-25(2)50)19-30-22-48(46-44-30)13-15-63(57,58)59/h26-31,34-38H,5-25,47-50H2,1-4H3,(H,51,71)(H,52,69)(H,53,70)(H,54,65)(H,55,66)(H,56,67)(H,57,68)(H2,73,74,75)(H2,76,77,78);22-24,26,28-29,32-33H,5-21,39-40H2,1-4H3,(H,41,56)(H,42,54)(H,43,55)(H2,57,58,59)(H2,60,61,62)/t28-,29+,30+,31+,34+,35+,36+,37+,38+;24-,26+,28-,29+,32+,33+/m11/s1. The van der Waals surface area contributed by atoms with Crippen LogP contribution >= 0.6 is 30.4 Å². The minimum absolute atomic E-state index is 0.0314. The summed E-state index contributed by atoms with van der Waals surface area (Å²) in [5.74, 6) is -12.6. The van der Waals surface area contributed by atoms with E-state index in [1.54, 1.807) is 0 Å². The Balaban J connectivity index is 0.000000616. The Labute approximate surface area is 833 Å². The predicted octanol–water partition coefficient (Wildman–Crippen LogP) is -5.71. The summed E-state index contributed by atoms with van der Waals surface area (Å²) in [6, 6.07) is -13.4. The van der Waals surface area contributed by atoms with Crippen molar-refractivity contribution < 1.29 is 129 Å². The van der Waals surface area contributed by atoms with Crippen LogP contribution in [0.4, 0.5) is 0 Å². The highest BCUT2D eigenvalue weighted by Gasteiger charge is 2.41. The van der Waals surface area contributed by atoms with Gasteiger partial charge in [-0.15, -0.1) is 20.4 Å². The molecule has 0 spiro atoms. The molecule has 4 aromatic rings. The largest absolute Gasteiger partial charge is 0.352 e. The smallest absolute Gasteiger partial charge is 0.327 e. The predicted molar refractivity (Wildman–Crippen MR) is 519 cm³/mol. The van der Waals surface area contributed by atoms with Gasteiger partial charge in [-0.2, -0.15) is 0 Å². The van der Waals surface area contributed by atoms with E-state index < -0.39 is 210 Å². The van der Waals surface area contributed by atoms with Gasteiger partial charge in [-0.25, -0.2) is 0 Å². The molecule has 56 nitrogen and oxygen atoms in total. The number of carbonyl (C=O) groups is 15. The van der Waals surface area contributed by atoms with Crippen LogP contribution in [-0.2, 0) is 142 Å². The quantitative estimate of drug-likeness (QED) is 0.0145. The molecule has 1 fully saturated rings. The van der Waals surface area contributed by atoms with Crippen molar-refractivity contribution in [2.24, 2.45) is 52.2 Å². The molecule has 0 unspecified atom stereocenters. The lowest BCUT2D eigenvalue weighted by Gasteiger charge is -2.29. The second-order valence-electron chi connectivity index (χ2n) is 36.3. The molecule has 60 heteroatoms. The van der Waals surface area contributed by atoms with Crippen molar-refractivity contribution in [2.45, 2.75) is 308 Å². The van der Waals surface area contributed by atoms with Crippen LogP contribution in [0.2, 0.25) is 0 Å². The maximum absolute atomic E-state index is 14.3. The van der Waals surface area contributed by atoms with Gasteiger partial charge in [-0.05, 0) is 178 Å². The van der Waals surface area contributed by atoms with E-state index in [-0.39, 0.29) is 156 Å². The number of likely N-dealkylation sites (tertiary alicyclic amines) is 1. The Kier molecular flexibility index (Phi) is 55.5. The number of nitrogens with two attached hydrogens (primary N) is 6. The number of Topliss-reactive ketones (excluding diaryl/α,β-unsaturated/α-hetero) is 4. The summed E-state index contributed by atoms with van der Waals surface area (Å²) >= 11 is 0. The Bertz CT molecular complexity index is 5040. The zero-order chi connectivity index (χ0) is 108. The molecule has 11 amide bonds. The molecule has 0 saturated carbocycles. The van der Waals surface area contributed by atoms with E-state index in [9.17, 15) is 120 Å². The van der Waals surface area contributed by atoms with E-state index in [0.717, 1.165) is 22.2 Å². The van der Waals surface area contributed by atoms with E-state index in [1.165, 1.54) is 87.5 Å². The molecule has 15 atom stereocenters. The number of nitrogens with one attached hydrogen (secondary N) is 10. The summed E-state index contributed by atoms with van der Waals surface area (Å²) < 4.78 is 50.4. The first-order valence-corrected chi connectivity index (χ1v) is 55.1. The maximum Gasteiger partial charge on any atom is 0.327 e. The van der Waals surface area contributed by atoms with Gasteiger partial charge in [0.25, 0.3) is 0 Å². The molecule has 1 aliphatic heterocycles. The number of aryl methyl sites for hydroxylation is 4. The summed E-state index contributed by atoms with van der Waals surface area (Å²) in [6.45, 7) is 12.7. The second-order valence-corrected chi connectivity index (χ2v) is 43.4. The number of carbonyl (C=O) groups excluding carboxylic acids is 15. The van der Waals surface area contributed by atoms with Crippen molar-refractivity contribution in [3.63, 3.8) is 0 Å². The maximum atomic E-state index is 14.3.